The minimum Gasteiger partial charge on any atom is -0.437 e. The molecule has 0 spiro atoms. The molecular weight excluding hydrogens is 356 g/mol. The van der Waals surface area contributed by atoms with Gasteiger partial charge in [-0.05, 0) is 29.8 Å². The summed E-state index contributed by atoms with van der Waals surface area (Å²) < 4.78 is 9.50. The molecule has 0 aliphatic rings. The normalized spacial score (nSPS) is 10.8. The lowest BCUT2D eigenvalue weighted by Gasteiger charge is -2.10. The van der Waals surface area contributed by atoms with Crippen molar-refractivity contribution in [2.24, 2.45) is 7.05 Å². The highest BCUT2D eigenvalue weighted by Crippen LogP contribution is 2.28. The minimum absolute atomic E-state index is 0.224. The van der Waals surface area contributed by atoms with Crippen molar-refractivity contribution < 1.29 is 9.53 Å². The van der Waals surface area contributed by atoms with Crippen LogP contribution in [0.4, 0.5) is 0 Å². The molecular formula is C20H18N6O2. The predicted molar refractivity (Wildman–Crippen MR) is 104 cm³/mol. The molecule has 0 aliphatic carbocycles. The summed E-state index contributed by atoms with van der Waals surface area (Å²) in [5.41, 5.74) is 3.22. The van der Waals surface area contributed by atoms with Gasteiger partial charge in [0.25, 0.3) is 0 Å². The van der Waals surface area contributed by atoms with E-state index in [1.165, 1.54) is 6.08 Å². The molecule has 4 rings (SSSR count). The Kier molecular flexibility index (Phi) is 4.59. The first kappa shape index (κ1) is 17.5. The Balaban J connectivity index is 1.65. The number of carbonyl (C=O) groups is 1. The van der Waals surface area contributed by atoms with E-state index in [1.807, 2.05) is 49.8 Å². The van der Waals surface area contributed by atoms with Crippen LogP contribution in [0.25, 0.3) is 16.8 Å². The van der Waals surface area contributed by atoms with Gasteiger partial charge in [0.05, 0.1) is 24.3 Å². The number of fused-ring (bicyclic) bond motifs is 1. The monoisotopic (exact) mass is 374 g/mol. The summed E-state index contributed by atoms with van der Waals surface area (Å²) in [6.07, 6.45) is 8.39. The molecule has 0 unspecified atom stereocenters. The third kappa shape index (κ3) is 3.61. The molecule has 0 bridgehead atoms. The summed E-state index contributed by atoms with van der Waals surface area (Å²) in [7, 11) is 1.85. The highest BCUT2D eigenvalue weighted by atomic mass is 16.5. The SMILES string of the molecule is C=CC(=O)NCc1cccc(Oc2nc(-c3cnn(C)c3)cn3nccc23)c1. The van der Waals surface area contributed by atoms with E-state index in [9.17, 15) is 4.79 Å². The standard InChI is InChI=1S/C20H18N6O2/c1-3-19(27)21-10-14-5-4-6-16(9-14)28-20-18-7-8-22-26(18)13-17(24-20)15-11-23-25(2)12-15/h3-9,11-13H,1,10H2,2H3,(H,21,27). The van der Waals surface area contributed by atoms with Crippen LogP contribution in [-0.4, -0.2) is 30.3 Å². The topological polar surface area (TPSA) is 86.3 Å². The largest absolute Gasteiger partial charge is 0.437 e. The van der Waals surface area contributed by atoms with Crippen LogP contribution in [0.3, 0.4) is 0 Å². The van der Waals surface area contributed by atoms with Gasteiger partial charge in [-0.3, -0.25) is 9.48 Å². The van der Waals surface area contributed by atoms with Crippen molar-refractivity contribution in [1.82, 2.24) is 29.7 Å². The minimum atomic E-state index is -0.224. The van der Waals surface area contributed by atoms with Crippen LogP contribution in [0, 0.1) is 0 Å². The number of nitrogens with zero attached hydrogens (tertiary/aromatic N) is 5. The zero-order valence-electron chi connectivity index (χ0n) is 15.2. The third-order valence-electron chi connectivity index (χ3n) is 4.12. The Morgan fingerprint density at radius 1 is 1.29 bits per heavy atom. The number of benzene rings is 1. The van der Waals surface area contributed by atoms with E-state index in [1.54, 1.807) is 21.6 Å². The van der Waals surface area contributed by atoms with Gasteiger partial charge in [-0.25, -0.2) is 9.50 Å². The summed E-state index contributed by atoms with van der Waals surface area (Å²) in [6, 6.07) is 9.30. The zero-order chi connectivity index (χ0) is 19.5. The smallest absolute Gasteiger partial charge is 0.246 e. The van der Waals surface area contributed by atoms with E-state index in [-0.39, 0.29) is 5.91 Å². The number of nitrogens with one attached hydrogen (secondary N) is 1. The van der Waals surface area contributed by atoms with Gasteiger partial charge in [0, 0.05) is 25.4 Å². The average Bonchev–Trinajstić information content (AvgIpc) is 3.35. The molecule has 28 heavy (non-hydrogen) atoms. The molecule has 3 aromatic heterocycles. The first-order valence-corrected chi connectivity index (χ1v) is 8.63. The van der Waals surface area contributed by atoms with Gasteiger partial charge in [-0.2, -0.15) is 10.2 Å². The Morgan fingerprint density at radius 2 is 2.18 bits per heavy atom. The van der Waals surface area contributed by atoms with Crippen molar-refractivity contribution in [3.8, 4) is 22.9 Å². The van der Waals surface area contributed by atoms with Crippen LogP contribution in [0.5, 0.6) is 11.6 Å². The highest BCUT2D eigenvalue weighted by Gasteiger charge is 2.12. The van der Waals surface area contributed by atoms with E-state index in [4.69, 9.17) is 4.74 Å². The summed E-state index contributed by atoms with van der Waals surface area (Å²) in [5, 5.41) is 11.2. The number of aryl methyl sites for hydroxylation is 1. The van der Waals surface area contributed by atoms with Gasteiger partial charge in [0.1, 0.15) is 11.3 Å². The van der Waals surface area contributed by atoms with Crippen LogP contribution < -0.4 is 10.1 Å². The molecule has 8 nitrogen and oxygen atoms in total. The predicted octanol–water partition coefficient (Wildman–Crippen LogP) is 2.72. The Morgan fingerprint density at radius 3 is 2.96 bits per heavy atom. The fourth-order valence-corrected chi connectivity index (χ4v) is 2.76. The summed E-state index contributed by atoms with van der Waals surface area (Å²) in [4.78, 5) is 16.0. The number of hydrogen-bond acceptors (Lipinski definition) is 5. The van der Waals surface area contributed by atoms with Gasteiger partial charge in [0.2, 0.25) is 11.8 Å². The van der Waals surface area contributed by atoms with Crippen molar-refractivity contribution in [3.63, 3.8) is 0 Å². The second-order valence-corrected chi connectivity index (χ2v) is 6.17. The molecule has 0 atom stereocenters. The van der Waals surface area contributed by atoms with E-state index in [2.05, 4.69) is 27.1 Å². The number of rotatable bonds is 6. The first-order valence-electron chi connectivity index (χ1n) is 8.63. The quantitative estimate of drug-likeness (QED) is 0.525. The molecule has 8 heteroatoms. The number of aromatic nitrogens is 5. The van der Waals surface area contributed by atoms with Crippen LogP contribution in [0.2, 0.25) is 0 Å². The molecule has 0 saturated heterocycles. The van der Waals surface area contributed by atoms with Crippen molar-refractivity contribution in [1.29, 1.82) is 0 Å². The van der Waals surface area contributed by atoms with Gasteiger partial charge in [-0.15, -0.1) is 0 Å². The molecule has 140 valence electrons. The molecule has 1 N–H and O–H groups in total. The van der Waals surface area contributed by atoms with E-state index < -0.39 is 0 Å². The zero-order valence-corrected chi connectivity index (χ0v) is 15.2. The lowest BCUT2D eigenvalue weighted by molar-refractivity contribution is -0.116. The Hall–Kier alpha value is -3.94. The van der Waals surface area contributed by atoms with E-state index in [0.717, 1.165) is 16.6 Å². The average molecular weight is 374 g/mol. The van der Waals surface area contributed by atoms with Crippen LogP contribution in [-0.2, 0) is 18.4 Å². The van der Waals surface area contributed by atoms with Gasteiger partial charge in [0.15, 0.2) is 0 Å². The Labute approximate surface area is 161 Å². The molecule has 1 amide bonds. The number of amides is 1. The van der Waals surface area contributed by atoms with E-state index >= 15 is 0 Å². The van der Waals surface area contributed by atoms with Crippen molar-refractivity contribution in [2.45, 2.75) is 6.54 Å². The Bertz CT molecular complexity index is 1160. The third-order valence-corrected chi connectivity index (χ3v) is 4.12. The maximum absolute atomic E-state index is 11.4. The second kappa shape index (κ2) is 7.36. The summed E-state index contributed by atoms with van der Waals surface area (Å²) >= 11 is 0. The number of ether oxygens (including phenoxy) is 1. The van der Waals surface area contributed by atoms with Crippen LogP contribution in [0.1, 0.15) is 5.56 Å². The van der Waals surface area contributed by atoms with Crippen LogP contribution in [0.15, 0.2) is 67.8 Å². The maximum atomic E-state index is 11.4. The van der Waals surface area contributed by atoms with Crippen molar-refractivity contribution >= 4 is 11.4 Å². The lowest BCUT2D eigenvalue weighted by Crippen LogP contribution is -2.19. The van der Waals surface area contributed by atoms with Crippen molar-refractivity contribution in [3.05, 3.63) is 73.3 Å². The van der Waals surface area contributed by atoms with Crippen LogP contribution >= 0.6 is 0 Å². The molecule has 4 aromatic rings. The molecule has 1 aromatic carbocycles. The summed E-state index contributed by atoms with van der Waals surface area (Å²) in [6.45, 7) is 3.83. The number of carbonyl (C=O) groups excluding carboxylic acids is 1. The molecule has 0 aliphatic heterocycles. The molecule has 3 heterocycles. The van der Waals surface area contributed by atoms with Gasteiger partial charge in [-0.1, -0.05) is 18.7 Å². The van der Waals surface area contributed by atoms with Gasteiger partial charge < -0.3 is 10.1 Å². The van der Waals surface area contributed by atoms with Crippen molar-refractivity contribution in [2.75, 3.05) is 0 Å². The molecule has 0 saturated carbocycles. The second-order valence-electron chi connectivity index (χ2n) is 6.17. The lowest BCUT2D eigenvalue weighted by atomic mass is 10.2. The number of hydrogen-bond donors (Lipinski definition) is 1. The highest BCUT2D eigenvalue weighted by molar-refractivity contribution is 5.86. The summed E-state index contributed by atoms with van der Waals surface area (Å²) in [5.74, 6) is 0.827. The van der Waals surface area contributed by atoms with E-state index in [0.29, 0.717) is 23.9 Å². The molecule has 0 radical (unpaired) electrons. The fourth-order valence-electron chi connectivity index (χ4n) is 2.76. The fraction of sp³-hybridized carbons (Fsp3) is 0.100. The van der Waals surface area contributed by atoms with Gasteiger partial charge >= 0.3 is 0 Å². The molecule has 0 fully saturated rings. The first-order chi connectivity index (χ1) is 13.6. The maximum Gasteiger partial charge on any atom is 0.246 e.